The Balaban J connectivity index is 1.84. The predicted molar refractivity (Wildman–Crippen MR) is 65.6 cm³/mol. The Bertz CT molecular complexity index is 510. The second-order valence-corrected chi connectivity index (χ2v) is 3.71. The quantitative estimate of drug-likeness (QED) is 0.598. The van der Waals surface area contributed by atoms with Gasteiger partial charge in [-0.1, -0.05) is 0 Å². The molecular weight excluding hydrogens is 216 g/mol. The molecule has 5 heteroatoms. The average Bonchev–Trinajstić information content (AvgIpc) is 2.92. The number of rotatable bonds is 4. The molecule has 17 heavy (non-hydrogen) atoms. The monoisotopic (exact) mass is 230 g/mol. The Morgan fingerprint density at radius 1 is 1.53 bits per heavy atom. The number of aryl methyl sites for hydroxylation is 1. The SMILES string of the molecule is Cn1cccc1CC(=O)NN=Cc1ccc[nH]1. The van der Waals surface area contributed by atoms with Gasteiger partial charge in [-0.15, -0.1) is 0 Å². The first-order valence-corrected chi connectivity index (χ1v) is 5.31. The first-order chi connectivity index (χ1) is 8.25. The van der Waals surface area contributed by atoms with Crippen LogP contribution in [0.15, 0.2) is 41.8 Å². The van der Waals surface area contributed by atoms with Crippen molar-refractivity contribution < 1.29 is 4.79 Å². The lowest BCUT2D eigenvalue weighted by atomic mass is 10.3. The molecule has 0 unspecified atom stereocenters. The van der Waals surface area contributed by atoms with E-state index >= 15 is 0 Å². The van der Waals surface area contributed by atoms with E-state index < -0.39 is 0 Å². The van der Waals surface area contributed by atoms with Crippen LogP contribution in [0.4, 0.5) is 0 Å². The summed E-state index contributed by atoms with van der Waals surface area (Å²) >= 11 is 0. The maximum absolute atomic E-state index is 11.5. The molecule has 2 rings (SSSR count). The molecule has 5 nitrogen and oxygen atoms in total. The fourth-order valence-corrected chi connectivity index (χ4v) is 1.48. The second-order valence-electron chi connectivity index (χ2n) is 3.71. The van der Waals surface area contributed by atoms with Crippen LogP contribution in [0.25, 0.3) is 0 Å². The Hall–Kier alpha value is -2.30. The number of nitrogens with one attached hydrogen (secondary N) is 2. The van der Waals surface area contributed by atoms with Gasteiger partial charge in [0.05, 0.1) is 18.3 Å². The number of carbonyl (C=O) groups is 1. The number of H-pyrrole nitrogens is 1. The molecule has 2 aromatic rings. The molecule has 0 spiro atoms. The van der Waals surface area contributed by atoms with Crippen molar-refractivity contribution in [2.45, 2.75) is 6.42 Å². The highest BCUT2D eigenvalue weighted by atomic mass is 16.2. The molecule has 2 heterocycles. The van der Waals surface area contributed by atoms with E-state index in [4.69, 9.17) is 0 Å². The summed E-state index contributed by atoms with van der Waals surface area (Å²) in [6, 6.07) is 7.55. The molecule has 88 valence electrons. The third kappa shape index (κ3) is 3.07. The molecule has 0 atom stereocenters. The summed E-state index contributed by atoms with van der Waals surface area (Å²) < 4.78 is 1.91. The van der Waals surface area contributed by atoms with Gasteiger partial charge in [0, 0.05) is 25.1 Å². The number of aromatic nitrogens is 2. The molecule has 0 saturated carbocycles. The lowest BCUT2D eigenvalue weighted by molar-refractivity contribution is -0.120. The molecule has 0 saturated heterocycles. The summed E-state index contributed by atoms with van der Waals surface area (Å²) in [5.74, 6) is -0.130. The topological polar surface area (TPSA) is 62.2 Å². The van der Waals surface area contributed by atoms with E-state index in [2.05, 4.69) is 15.5 Å². The van der Waals surface area contributed by atoms with Crippen molar-refractivity contribution >= 4 is 12.1 Å². The van der Waals surface area contributed by atoms with Crippen molar-refractivity contribution in [3.05, 3.63) is 48.0 Å². The van der Waals surface area contributed by atoms with Crippen molar-refractivity contribution in [3.63, 3.8) is 0 Å². The lowest BCUT2D eigenvalue weighted by Crippen LogP contribution is -2.20. The Kier molecular flexibility index (Phi) is 3.40. The number of hydrogen-bond acceptors (Lipinski definition) is 2. The molecule has 0 aliphatic rings. The van der Waals surface area contributed by atoms with E-state index in [1.165, 1.54) is 0 Å². The van der Waals surface area contributed by atoms with E-state index in [-0.39, 0.29) is 5.91 Å². The number of hydrazone groups is 1. The number of amides is 1. The van der Waals surface area contributed by atoms with E-state index in [9.17, 15) is 4.79 Å². The van der Waals surface area contributed by atoms with Crippen molar-refractivity contribution in [1.82, 2.24) is 15.0 Å². The zero-order valence-corrected chi connectivity index (χ0v) is 9.55. The molecule has 0 aromatic carbocycles. The standard InChI is InChI=1S/C12H14N4O/c1-16-7-3-5-11(16)8-12(17)15-14-9-10-4-2-6-13-10/h2-7,9,13H,8H2,1H3,(H,15,17). The van der Waals surface area contributed by atoms with Crippen LogP contribution >= 0.6 is 0 Å². The third-order valence-electron chi connectivity index (χ3n) is 2.41. The largest absolute Gasteiger partial charge is 0.360 e. The zero-order valence-electron chi connectivity index (χ0n) is 9.55. The van der Waals surface area contributed by atoms with Crippen LogP contribution in [-0.4, -0.2) is 21.7 Å². The van der Waals surface area contributed by atoms with Crippen molar-refractivity contribution in [2.24, 2.45) is 12.1 Å². The van der Waals surface area contributed by atoms with E-state index in [1.807, 2.05) is 42.1 Å². The molecule has 0 radical (unpaired) electrons. The van der Waals surface area contributed by atoms with E-state index in [1.54, 1.807) is 12.4 Å². The van der Waals surface area contributed by atoms with Crippen LogP contribution in [0.3, 0.4) is 0 Å². The predicted octanol–water partition coefficient (Wildman–Crippen LogP) is 1.05. The number of hydrogen-bond donors (Lipinski definition) is 2. The Labute approximate surface area is 99.2 Å². The number of aromatic amines is 1. The van der Waals surface area contributed by atoms with Gasteiger partial charge < -0.3 is 9.55 Å². The van der Waals surface area contributed by atoms with Crippen molar-refractivity contribution in [1.29, 1.82) is 0 Å². The van der Waals surface area contributed by atoms with Crippen LogP contribution in [0.5, 0.6) is 0 Å². The highest BCUT2D eigenvalue weighted by Crippen LogP contribution is 2.00. The molecule has 1 amide bonds. The molecule has 2 N–H and O–H groups in total. The first kappa shape index (κ1) is 11.2. The van der Waals surface area contributed by atoms with E-state index in [0.29, 0.717) is 6.42 Å². The summed E-state index contributed by atoms with van der Waals surface area (Å²) in [4.78, 5) is 14.5. The van der Waals surface area contributed by atoms with Crippen molar-refractivity contribution in [3.8, 4) is 0 Å². The third-order valence-corrected chi connectivity index (χ3v) is 2.41. The molecule has 0 bridgehead atoms. The van der Waals surface area contributed by atoms with Gasteiger partial charge in [0.25, 0.3) is 0 Å². The molecule has 0 aliphatic carbocycles. The van der Waals surface area contributed by atoms with E-state index in [0.717, 1.165) is 11.4 Å². The minimum Gasteiger partial charge on any atom is -0.360 e. The minimum absolute atomic E-state index is 0.130. The Morgan fingerprint density at radius 2 is 2.41 bits per heavy atom. The fourth-order valence-electron chi connectivity index (χ4n) is 1.48. The molecular formula is C12H14N4O. The maximum Gasteiger partial charge on any atom is 0.245 e. The average molecular weight is 230 g/mol. The maximum atomic E-state index is 11.5. The normalized spacial score (nSPS) is 10.9. The second kappa shape index (κ2) is 5.16. The van der Waals surface area contributed by atoms with Gasteiger partial charge in [-0.2, -0.15) is 5.10 Å². The van der Waals surface area contributed by atoms with Gasteiger partial charge in [-0.25, -0.2) is 5.43 Å². The summed E-state index contributed by atoms with van der Waals surface area (Å²) in [5, 5.41) is 3.86. The minimum atomic E-state index is -0.130. The summed E-state index contributed by atoms with van der Waals surface area (Å²) in [5.41, 5.74) is 4.29. The van der Waals surface area contributed by atoms with Gasteiger partial charge in [-0.3, -0.25) is 4.79 Å². The van der Waals surface area contributed by atoms with Crippen LogP contribution in [0, 0.1) is 0 Å². The first-order valence-electron chi connectivity index (χ1n) is 5.31. The molecule has 0 aliphatic heterocycles. The highest BCUT2D eigenvalue weighted by Gasteiger charge is 2.04. The Morgan fingerprint density at radius 3 is 3.06 bits per heavy atom. The lowest BCUT2D eigenvalue weighted by Gasteiger charge is -2.01. The van der Waals surface area contributed by atoms with Crippen molar-refractivity contribution in [2.75, 3.05) is 0 Å². The van der Waals surface area contributed by atoms with Gasteiger partial charge in [-0.05, 0) is 24.3 Å². The zero-order chi connectivity index (χ0) is 12.1. The van der Waals surface area contributed by atoms with Gasteiger partial charge in [0.1, 0.15) is 0 Å². The summed E-state index contributed by atoms with van der Waals surface area (Å²) in [6.45, 7) is 0. The fraction of sp³-hybridized carbons (Fsp3) is 0.167. The van der Waals surface area contributed by atoms with Gasteiger partial charge in [0.15, 0.2) is 0 Å². The van der Waals surface area contributed by atoms with Crippen LogP contribution in [-0.2, 0) is 18.3 Å². The number of carbonyl (C=O) groups excluding carboxylic acids is 1. The van der Waals surface area contributed by atoms with Crippen LogP contribution in [0.2, 0.25) is 0 Å². The highest BCUT2D eigenvalue weighted by molar-refractivity contribution is 5.81. The summed E-state index contributed by atoms with van der Waals surface area (Å²) in [6.07, 6.45) is 5.60. The van der Waals surface area contributed by atoms with Gasteiger partial charge >= 0.3 is 0 Å². The number of nitrogens with zero attached hydrogens (tertiary/aromatic N) is 2. The van der Waals surface area contributed by atoms with Crippen LogP contribution < -0.4 is 5.43 Å². The van der Waals surface area contributed by atoms with Gasteiger partial charge in [0.2, 0.25) is 5.91 Å². The molecule has 0 fully saturated rings. The smallest absolute Gasteiger partial charge is 0.245 e. The van der Waals surface area contributed by atoms with Crippen LogP contribution in [0.1, 0.15) is 11.4 Å². The summed E-state index contributed by atoms with van der Waals surface area (Å²) in [7, 11) is 1.91. The molecule has 2 aromatic heterocycles.